The largest absolute Gasteiger partial charge is 0.400 e. The highest BCUT2D eigenvalue weighted by atomic mass is 16.1. The Labute approximate surface area is 140 Å². The van der Waals surface area contributed by atoms with E-state index in [2.05, 4.69) is 10.6 Å². The predicted molar refractivity (Wildman–Crippen MR) is 98.1 cm³/mol. The Kier molecular flexibility index (Phi) is 4.11. The molecule has 0 fully saturated rings. The van der Waals surface area contributed by atoms with E-state index in [1.165, 1.54) is 6.08 Å². The summed E-state index contributed by atoms with van der Waals surface area (Å²) < 4.78 is 0. The van der Waals surface area contributed by atoms with Crippen molar-refractivity contribution in [3.8, 4) is 0 Å². The second-order valence-corrected chi connectivity index (χ2v) is 5.58. The van der Waals surface area contributed by atoms with Crippen molar-refractivity contribution in [2.75, 3.05) is 22.1 Å². The lowest BCUT2D eigenvalue weighted by molar-refractivity contribution is -0.111. The Bertz CT molecular complexity index is 806. The number of carbonyl (C=O) groups is 1. The van der Waals surface area contributed by atoms with E-state index in [1.807, 2.05) is 24.3 Å². The lowest BCUT2D eigenvalue weighted by atomic mass is 10.0. The summed E-state index contributed by atoms with van der Waals surface area (Å²) in [5, 5.41) is 6.36. The maximum absolute atomic E-state index is 12.2. The van der Waals surface area contributed by atoms with Crippen molar-refractivity contribution in [3.63, 3.8) is 0 Å². The molecule has 0 radical (unpaired) electrons. The highest BCUT2D eigenvalue weighted by Crippen LogP contribution is 2.20. The average molecular weight is 321 g/mol. The zero-order valence-electron chi connectivity index (χ0n) is 13.0. The molecule has 0 heterocycles. The number of benzene rings is 2. The number of ketones is 1. The first-order valence-electron chi connectivity index (χ1n) is 7.49. The van der Waals surface area contributed by atoms with Crippen LogP contribution in [-0.2, 0) is 4.79 Å². The maximum Gasteiger partial charge on any atom is 0.203 e. The molecule has 0 amide bonds. The van der Waals surface area contributed by atoms with Crippen LogP contribution in [0.4, 0.5) is 22.7 Å². The number of allylic oxidation sites excluding steroid dienone is 1. The number of nitrogens with two attached hydrogens (primary N) is 3. The number of hydrogen-bond donors (Lipinski definition) is 5. The van der Waals surface area contributed by atoms with Crippen LogP contribution < -0.4 is 27.8 Å². The SMILES string of the molecule is NC1=CC(=O)C(Nc2ccc(N)cc2)=CC1Nc1ccc(N)cc1. The van der Waals surface area contributed by atoms with Crippen molar-refractivity contribution in [1.82, 2.24) is 0 Å². The minimum Gasteiger partial charge on any atom is -0.400 e. The third kappa shape index (κ3) is 3.49. The van der Waals surface area contributed by atoms with Crippen LogP contribution in [0.15, 0.2) is 72.1 Å². The first kappa shape index (κ1) is 15.5. The van der Waals surface area contributed by atoms with Gasteiger partial charge in [0.2, 0.25) is 5.78 Å². The number of anilines is 4. The van der Waals surface area contributed by atoms with Crippen molar-refractivity contribution in [1.29, 1.82) is 0 Å². The molecule has 6 nitrogen and oxygen atoms in total. The minimum absolute atomic E-state index is 0.167. The fourth-order valence-corrected chi connectivity index (χ4v) is 2.37. The van der Waals surface area contributed by atoms with Gasteiger partial charge in [-0.25, -0.2) is 0 Å². The van der Waals surface area contributed by atoms with Crippen LogP contribution in [0.5, 0.6) is 0 Å². The third-order valence-corrected chi connectivity index (χ3v) is 3.68. The van der Waals surface area contributed by atoms with Gasteiger partial charge in [0.25, 0.3) is 0 Å². The van der Waals surface area contributed by atoms with Gasteiger partial charge in [0.1, 0.15) is 0 Å². The van der Waals surface area contributed by atoms with Gasteiger partial charge in [0.15, 0.2) is 0 Å². The van der Waals surface area contributed by atoms with E-state index in [0.717, 1.165) is 11.4 Å². The topological polar surface area (TPSA) is 119 Å². The van der Waals surface area contributed by atoms with Crippen LogP contribution in [0.1, 0.15) is 0 Å². The lowest BCUT2D eigenvalue weighted by Gasteiger charge is -2.22. The molecule has 6 heteroatoms. The van der Waals surface area contributed by atoms with Crippen LogP contribution in [0.3, 0.4) is 0 Å². The molecule has 0 aromatic heterocycles. The van der Waals surface area contributed by atoms with Crippen molar-refractivity contribution in [2.45, 2.75) is 6.04 Å². The Morgan fingerprint density at radius 3 is 1.92 bits per heavy atom. The number of nitrogen functional groups attached to an aromatic ring is 2. The summed E-state index contributed by atoms with van der Waals surface area (Å²) in [5.41, 5.74) is 21.3. The van der Waals surface area contributed by atoms with Crippen molar-refractivity contribution >= 4 is 28.5 Å². The first-order valence-corrected chi connectivity index (χ1v) is 7.49. The van der Waals surface area contributed by atoms with Crippen LogP contribution in [-0.4, -0.2) is 11.8 Å². The first-order chi connectivity index (χ1) is 11.5. The molecule has 0 saturated carbocycles. The summed E-state index contributed by atoms with van der Waals surface area (Å²) in [6.07, 6.45) is 3.19. The number of rotatable bonds is 4. The van der Waals surface area contributed by atoms with E-state index in [4.69, 9.17) is 17.2 Å². The van der Waals surface area contributed by atoms with E-state index in [0.29, 0.717) is 22.8 Å². The van der Waals surface area contributed by atoms with Gasteiger partial charge in [-0.3, -0.25) is 4.79 Å². The van der Waals surface area contributed by atoms with Crippen molar-refractivity contribution in [3.05, 3.63) is 72.1 Å². The van der Waals surface area contributed by atoms with E-state index in [-0.39, 0.29) is 11.8 Å². The van der Waals surface area contributed by atoms with Gasteiger partial charge >= 0.3 is 0 Å². The molecule has 0 saturated heterocycles. The Hall–Kier alpha value is -3.41. The summed E-state index contributed by atoms with van der Waals surface area (Å²) in [5.74, 6) is -0.167. The summed E-state index contributed by atoms with van der Waals surface area (Å²) in [7, 11) is 0. The molecular formula is C18H19N5O. The zero-order valence-corrected chi connectivity index (χ0v) is 13.0. The van der Waals surface area contributed by atoms with E-state index in [1.54, 1.807) is 30.3 Å². The molecule has 24 heavy (non-hydrogen) atoms. The quantitative estimate of drug-likeness (QED) is 0.550. The van der Waals surface area contributed by atoms with E-state index in [9.17, 15) is 4.79 Å². The van der Waals surface area contributed by atoms with Crippen LogP contribution in [0.25, 0.3) is 0 Å². The van der Waals surface area contributed by atoms with Gasteiger partial charge in [0.05, 0.1) is 11.7 Å². The summed E-state index contributed by atoms with van der Waals surface area (Å²) in [4.78, 5) is 12.2. The monoisotopic (exact) mass is 321 g/mol. The molecule has 1 atom stereocenters. The summed E-state index contributed by atoms with van der Waals surface area (Å²) in [6, 6.07) is 14.2. The maximum atomic E-state index is 12.2. The molecule has 2 aromatic rings. The van der Waals surface area contributed by atoms with Gasteiger partial charge in [-0.2, -0.15) is 0 Å². The van der Waals surface area contributed by atoms with E-state index < -0.39 is 0 Å². The number of hydrogen-bond acceptors (Lipinski definition) is 6. The van der Waals surface area contributed by atoms with Crippen molar-refractivity contribution < 1.29 is 4.79 Å². The van der Waals surface area contributed by atoms with Gasteiger partial charge < -0.3 is 27.8 Å². The molecule has 122 valence electrons. The molecule has 1 unspecified atom stereocenters. The zero-order chi connectivity index (χ0) is 17.1. The fourth-order valence-electron chi connectivity index (χ4n) is 2.37. The minimum atomic E-state index is -0.289. The van der Waals surface area contributed by atoms with Crippen LogP contribution >= 0.6 is 0 Å². The Morgan fingerprint density at radius 2 is 1.33 bits per heavy atom. The number of carbonyl (C=O) groups excluding carboxylic acids is 1. The molecule has 0 aliphatic heterocycles. The normalized spacial score (nSPS) is 17.0. The summed E-state index contributed by atoms with van der Waals surface area (Å²) in [6.45, 7) is 0. The molecule has 2 aromatic carbocycles. The lowest BCUT2D eigenvalue weighted by Crippen LogP contribution is -2.31. The third-order valence-electron chi connectivity index (χ3n) is 3.68. The van der Waals surface area contributed by atoms with Crippen LogP contribution in [0.2, 0.25) is 0 Å². The van der Waals surface area contributed by atoms with Gasteiger partial charge in [-0.05, 0) is 54.6 Å². The Morgan fingerprint density at radius 1 is 0.792 bits per heavy atom. The number of nitrogens with one attached hydrogen (secondary N) is 2. The highest BCUT2D eigenvalue weighted by Gasteiger charge is 2.20. The van der Waals surface area contributed by atoms with Gasteiger partial charge in [-0.15, -0.1) is 0 Å². The summed E-state index contributed by atoms with van der Waals surface area (Å²) >= 11 is 0. The highest BCUT2D eigenvalue weighted by molar-refractivity contribution is 6.07. The Balaban J connectivity index is 1.79. The molecule has 1 aliphatic rings. The van der Waals surface area contributed by atoms with E-state index >= 15 is 0 Å². The standard InChI is InChI=1S/C18H19N5O/c19-11-1-5-13(6-2-11)22-16-10-17(18(24)9-15(16)21)23-14-7-3-12(20)4-8-14/h1-10,16,22-23H,19-21H2. The average Bonchev–Trinajstić information content (AvgIpc) is 2.56. The molecular weight excluding hydrogens is 302 g/mol. The van der Waals surface area contributed by atoms with Crippen LogP contribution in [0, 0.1) is 0 Å². The predicted octanol–water partition coefficient (Wildman–Crippen LogP) is 2.05. The fraction of sp³-hybridized carbons (Fsp3) is 0.0556. The molecule has 0 bridgehead atoms. The molecule has 1 aliphatic carbocycles. The molecule has 3 rings (SSSR count). The van der Waals surface area contributed by atoms with Gasteiger partial charge in [-0.1, -0.05) is 0 Å². The molecule has 8 N–H and O–H groups in total. The smallest absolute Gasteiger partial charge is 0.203 e. The molecule has 0 spiro atoms. The van der Waals surface area contributed by atoms with Gasteiger partial charge in [0, 0.05) is 34.5 Å². The van der Waals surface area contributed by atoms with Crippen molar-refractivity contribution in [2.24, 2.45) is 5.73 Å². The second-order valence-electron chi connectivity index (χ2n) is 5.58. The second kappa shape index (κ2) is 6.37.